The molecule has 1 N–H and O–H groups in total. The Morgan fingerprint density at radius 3 is 2.54 bits per heavy atom. The summed E-state index contributed by atoms with van der Waals surface area (Å²) in [7, 11) is 0. The van der Waals surface area contributed by atoms with Crippen molar-refractivity contribution in [2.24, 2.45) is 5.41 Å². The smallest absolute Gasteiger partial charge is 0.272 e. The Bertz CT molecular complexity index is 900. The zero-order chi connectivity index (χ0) is 19.7. The Balaban J connectivity index is 1.57. The van der Waals surface area contributed by atoms with Crippen molar-refractivity contribution in [1.82, 2.24) is 15.2 Å². The lowest BCUT2D eigenvalue weighted by Crippen LogP contribution is -2.41. The van der Waals surface area contributed by atoms with Crippen LogP contribution in [-0.2, 0) is 6.42 Å². The number of aryl methyl sites for hydroxylation is 1. The molecule has 0 spiro atoms. The summed E-state index contributed by atoms with van der Waals surface area (Å²) in [6, 6.07) is 13.3. The minimum atomic E-state index is -0.231. The number of rotatable bonds is 3. The zero-order valence-electron chi connectivity index (χ0n) is 16.6. The molecule has 1 aliphatic carbocycles. The van der Waals surface area contributed by atoms with Crippen LogP contribution in [0.25, 0.3) is 0 Å². The molecule has 1 aromatic heterocycles. The van der Waals surface area contributed by atoms with Crippen LogP contribution in [0, 0.1) is 5.41 Å². The molecule has 28 heavy (non-hydrogen) atoms. The van der Waals surface area contributed by atoms with Gasteiger partial charge in [-0.2, -0.15) is 0 Å². The van der Waals surface area contributed by atoms with Crippen LogP contribution in [0.15, 0.2) is 42.5 Å². The maximum Gasteiger partial charge on any atom is 0.272 e. The molecule has 5 nitrogen and oxygen atoms in total. The molecule has 1 aliphatic heterocycles. The van der Waals surface area contributed by atoms with Crippen LogP contribution >= 0.6 is 0 Å². The lowest BCUT2D eigenvalue weighted by atomic mass is 9.70. The summed E-state index contributed by atoms with van der Waals surface area (Å²) < 4.78 is 0. The van der Waals surface area contributed by atoms with E-state index in [0.717, 1.165) is 38.8 Å². The maximum atomic E-state index is 13.0. The van der Waals surface area contributed by atoms with Crippen LogP contribution in [0.2, 0.25) is 0 Å². The molecule has 1 saturated heterocycles. The SMILES string of the molecule is CC1(C)CCc2ccccc2C1NC(=O)c1cccc(C(=O)N2CCCC2)n1. The third-order valence-corrected chi connectivity index (χ3v) is 6.06. The van der Waals surface area contributed by atoms with Crippen molar-refractivity contribution in [2.75, 3.05) is 13.1 Å². The summed E-state index contributed by atoms with van der Waals surface area (Å²) in [5.74, 6) is -0.318. The van der Waals surface area contributed by atoms with Gasteiger partial charge in [-0.15, -0.1) is 0 Å². The molecule has 146 valence electrons. The average Bonchev–Trinajstić information content (AvgIpc) is 3.24. The Kier molecular flexibility index (Phi) is 4.92. The number of carbonyl (C=O) groups is 2. The Morgan fingerprint density at radius 2 is 1.75 bits per heavy atom. The first-order valence-corrected chi connectivity index (χ1v) is 10.1. The number of hydrogen-bond acceptors (Lipinski definition) is 3. The molecule has 2 aromatic rings. The van der Waals surface area contributed by atoms with E-state index in [1.807, 2.05) is 17.0 Å². The van der Waals surface area contributed by atoms with Crippen molar-refractivity contribution >= 4 is 11.8 Å². The van der Waals surface area contributed by atoms with Crippen molar-refractivity contribution < 1.29 is 9.59 Å². The number of nitrogens with zero attached hydrogens (tertiary/aromatic N) is 2. The van der Waals surface area contributed by atoms with Crippen LogP contribution in [0.1, 0.15) is 71.3 Å². The predicted octanol–water partition coefficient (Wildman–Crippen LogP) is 3.76. The largest absolute Gasteiger partial charge is 0.343 e. The van der Waals surface area contributed by atoms with Crippen LogP contribution in [0.3, 0.4) is 0 Å². The Labute approximate surface area is 166 Å². The molecule has 2 heterocycles. The third-order valence-electron chi connectivity index (χ3n) is 6.06. The number of likely N-dealkylation sites (tertiary alicyclic amines) is 1. The maximum absolute atomic E-state index is 13.0. The van der Waals surface area contributed by atoms with Gasteiger partial charge in [0.2, 0.25) is 0 Å². The quantitative estimate of drug-likeness (QED) is 0.886. The number of hydrogen-bond donors (Lipinski definition) is 1. The molecule has 1 aromatic carbocycles. The van der Waals surface area contributed by atoms with Gasteiger partial charge in [0.05, 0.1) is 6.04 Å². The molecule has 5 heteroatoms. The number of nitrogens with one attached hydrogen (secondary N) is 1. The zero-order valence-corrected chi connectivity index (χ0v) is 16.6. The van der Waals surface area contributed by atoms with E-state index in [0.29, 0.717) is 11.4 Å². The first-order valence-electron chi connectivity index (χ1n) is 10.1. The highest BCUT2D eigenvalue weighted by atomic mass is 16.2. The molecule has 4 rings (SSSR count). The summed E-state index contributed by atoms with van der Waals surface area (Å²) in [6.45, 7) is 5.91. The summed E-state index contributed by atoms with van der Waals surface area (Å²) in [6.07, 6.45) is 4.09. The van der Waals surface area contributed by atoms with Gasteiger partial charge in [0.1, 0.15) is 11.4 Å². The van der Waals surface area contributed by atoms with Crippen molar-refractivity contribution in [3.8, 4) is 0 Å². The molecule has 2 aliphatic rings. The first kappa shape index (κ1) is 18.7. The molecule has 1 fully saturated rings. The fraction of sp³-hybridized carbons (Fsp3) is 0.435. The third kappa shape index (κ3) is 3.53. The van der Waals surface area contributed by atoms with E-state index < -0.39 is 0 Å². The van der Waals surface area contributed by atoms with E-state index in [4.69, 9.17) is 0 Å². The average molecular weight is 377 g/mol. The Morgan fingerprint density at radius 1 is 1.04 bits per heavy atom. The summed E-state index contributed by atoms with van der Waals surface area (Å²) in [5.41, 5.74) is 3.06. The lowest BCUT2D eigenvalue weighted by molar-refractivity contribution is 0.0786. The molecular formula is C23H27N3O2. The van der Waals surface area contributed by atoms with Crippen molar-refractivity contribution in [1.29, 1.82) is 0 Å². The van der Waals surface area contributed by atoms with E-state index in [1.54, 1.807) is 18.2 Å². The van der Waals surface area contributed by atoms with E-state index in [-0.39, 0.29) is 23.3 Å². The highest BCUT2D eigenvalue weighted by Crippen LogP contribution is 2.43. The van der Waals surface area contributed by atoms with Gasteiger partial charge >= 0.3 is 0 Å². The van der Waals surface area contributed by atoms with Gasteiger partial charge in [-0.25, -0.2) is 4.98 Å². The van der Waals surface area contributed by atoms with E-state index in [1.165, 1.54) is 11.1 Å². The molecule has 0 saturated carbocycles. The van der Waals surface area contributed by atoms with Crippen LogP contribution in [0.5, 0.6) is 0 Å². The van der Waals surface area contributed by atoms with Crippen LogP contribution in [0.4, 0.5) is 0 Å². The van der Waals surface area contributed by atoms with E-state index in [9.17, 15) is 9.59 Å². The van der Waals surface area contributed by atoms with Gasteiger partial charge in [0.25, 0.3) is 11.8 Å². The second-order valence-electron chi connectivity index (χ2n) is 8.50. The first-order chi connectivity index (χ1) is 13.5. The van der Waals surface area contributed by atoms with Gasteiger partial charge in [-0.1, -0.05) is 44.2 Å². The van der Waals surface area contributed by atoms with Gasteiger partial charge in [-0.05, 0) is 54.4 Å². The van der Waals surface area contributed by atoms with Gasteiger partial charge in [-0.3, -0.25) is 9.59 Å². The number of fused-ring (bicyclic) bond motifs is 1. The fourth-order valence-corrected chi connectivity index (χ4v) is 4.31. The number of amides is 2. The van der Waals surface area contributed by atoms with Crippen LogP contribution < -0.4 is 5.32 Å². The summed E-state index contributed by atoms with van der Waals surface area (Å²) in [5, 5.41) is 3.19. The number of benzene rings is 1. The molecular weight excluding hydrogens is 350 g/mol. The monoisotopic (exact) mass is 377 g/mol. The fourth-order valence-electron chi connectivity index (χ4n) is 4.31. The van der Waals surface area contributed by atoms with Crippen molar-refractivity contribution in [3.05, 3.63) is 65.0 Å². The molecule has 1 atom stereocenters. The van der Waals surface area contributed by atoms with Crippen molar-refractivity contribution in [2.45, 2.75) is 45.6 Å². The number of aromatic nitrogens is 1. The number of pyridine rings is 1. The van der Waals surface area contributed by atoms with Gasteiger partial charge < -0.3 is 10.2 Å². The topological polar surface area (TPSA) is 62.3 Å². The molecule has 2 amide bonds. The minimum absolute atomic E-state index is 0.0486. The Hall–Kier alpha value is -2.69. The standard InChI is InChI=1S/C23H27N3O2/c1-23(2)13-12-16-8-3-4-9-17(16)20(23)25-21(27)18-10-7-11-19(24-18)22(28)26-14-5-6-15-26/h3-4,7-11,20H,5-6,12-15H2,1-2H3,(H,25,27). The molecule has 0 radical (unpaired) electrons. The normalized spacial score (nSPS) is 20.5. The summed E-state index contributed by atoms with van der Waals surface area (Å²) >= 11 is 0. The number of carbonyl (C=O) groups excluding carboxylic acids is 2. The second-order valence-corrected chi connectivity index (χ2v) is 8.50. The lowest BCUT2D eigenvalue weighted by Gasteiger charge is -2.40. The van der Waals surface area contributed by atoms with E-state index in [2.05, 4.69) is 36.3 Å². The van der Waals surface area contributed by atoms with Gasteiger partial charge in [0, 0.05) is 13.1 Å². The van der Waals surface area contributed by atoms with Crippen molar-refractivity contribution in [3.63, 3.8) is 0 Å². The highest BCUT2D eigenvalue weighted by molar-refractivity contribution is 5.96. The van der Waals surface area contributed by atoms with Gasteiger partial charge in [0.15, 0.2) is 0 Å². The highest BCUT2D eigenvalue weighted by Gasteiger charge is 2.37. The minimum Gasteiger partial charge on any atom is -0.343 e. The van der Waals surface area contributed by atoms with Crippen LogP contribution in [-0.4, -0.2) is 34.8 Å². The van der Waals surface area contributed by atoms with E-state index >= 15 is 0 Å². The molecule has 0 bridgehead atoms. The second kappa shape index (κ2) is 7.38. The molecule has 1 unspecified atom stereocenters. The predicted molar refractivity (Wildman–Crippen MR) is 108 cm³/mol. The summed E-state index contributed by atoms with van der Waals surface area (Å²) in [4.78, 5) is 31.8.